The van der Waals surface area contributed by atoms with Gasteiger partial charge in [-0.15, -0.1) is 17.0 Å². The van der Waals surface area contributed by atoms with Crippen LogP contribution in [0, 0.1) is 0 Å². The fourth-order valence-corrected chi connectivity index (χ4v) is 2.00. The minimum atomic E-state index is -1.18. The zero-order valence-electron chi connectivity index (χ0n) is 10.5. The molecule has 106 valence electrons. The van der Waals surface area contributed by atoms with Crippen molar-refractivity contribution < 1.29 is 18.7 Å². The summed E-state index contributed by atoms with van der Waals surface area (Å²) in [5.41, 5.74) is 0.898. The lowest BCUT2D eigenvalue weighted by Gasteiger charge is -2.17. The van der Waals surface area contributed by atoms with Crippen molar-refractivity contribution >= 4 is 23.0 Å². The number of carbonyl (C=O) groups excluding carboxylic acids is 1. The van der Waals surface area contributed by atoms with Gasteiger partial charge in [0.05, 0.1) is 0 Å². The van der Waals surface area contributed by atoms with Gasteiger partial charge in [-0.1, -0.05) is 30.3 Å². The van der Waals surface area contributed by atoms with Crippen molar-refractivity contribution in [1.29, 1.82) is 0 Å². The molecule has 0 unspecified atom stereocenters. The second-order valence-corrected chi connectivity index (χ2v) is 4.20. The van der Waals surface area contributed by atoms with E-state index in [-0.39, 0.29) is 30.1 Å². The van der Waals surface area contributed by atoms with Crippen LogP contribution in [0.3, 0.4) is 0 Å². The second kappa shape index (κ2) is 7.57. The van der Waals surface area contributed by atoms with Gasteiger partial charge < -0.3 is 9.47 Å². The third-order valence-electron chi connectivity index (χ3n) is 2.97. The van der Waals surface area contributed by atoms with Gasteiger partial charge in [0.2, 0.25) is 0 Å². The highest BCUT2D eigenvalue weighted by Crippen LogP contribution is 2.16. The first-order valence-electron chi connectivity index (χ1n) is 5.83. The van der Waals surface area contributed by atoms with E-state index in [9.17, 15) is 9.18 Å². The Hall–Kier alpha value is -0.980. The minimum absolute atomic E-state index is 0. The molecule has 6 heteroatoms. The first-order chi connectivity index (χ1) is 8.72. The largest absolute Gasteiger partial charge is 0.460 e. The number of ether oxygens (including phenoxy) is 2. The Kier molecular flexibility index (Phi) is 6.41. The van der Waals surface area contributed by atoms with E-state index in [1.807, 2.05) is 30.3 Å². The molecule has 0 aromatic heterocycles. The van der Waals surface area contributed by atoms with E-state index >= 15 is 0 Å². The molecule has 2 rings (SSSR count). The molecule has 0 bridgehead atoms. The summed E-state index contributed by atoms with van der Waals surface area (Å²) in [7, 11) is 1.39. The number of hydrogen-bond acceptors (Lipinski definition) is 4. The van der Waals surface area contributed by atoms with Crippen molar-refractivity contribution in [3.8, 4) is 0 Å². The molecule has 4 nitrogen and oxygen atoms in total. The topological polar surface area (TPSA) is 47.6 Å². The summed E-state index contributed by atoms with van der Waals surface area (Å²) in [4.78, 5) is 11.8. The number of halogens is 2. The van der Waals surface area contributed by atoms with E-state index in [2.05, 4.69) is 5.32 Å². The summed E-state index contributed by atoms with van der Waals surface area (Å²) >= 11 is 0. The zero-order chi connectivity index (χ0) is 13.0. The van der Waals surface area contributed by atoms with E-state index in [4.69, 9.17) is 9.47 Å². The summed E-state index contributed by atoms with van der Waals surface area (Å²) in [6.07, 6.45) is -1.95. The Morgan fingerprint density at radius 1 is 1.42 bits per heavy atom. The van der Waals surface area contributed by atoms with Crippen molar-refractivity contribution in [1.82, 2.24) is 5.32 Å². The lowest BCUT2D eigenvalue weighted by Crippen LogP contribution is -2.41. The fraction of sp³-hybridized carbons (Fsp3) is 0.462. The van der Waals surface area contributed by atoms with Gasteiger partial charge in [-0.25, -0.2) is 4.39 Å². The molecule has 1 fully saturated rings. The molecule has 3 atom stereocenters. The molecular formula is C13H17BrFNO3. The number of nitrogens with one attached hydrogen (secondary N) is 1. The average molecular weight is 334 g/mol. The number of esters is 1. The first kappa shape index (κ1) is 16.1. The SMILES string of the molecule is Br.CO[C@H]1[C@@H](C(=O)OCc2ccccc2)NC[C@@H]1F. The summed E-state index contributed by atoms with van der Waals surface area (Å²) < 4.78 is 23.5. The van der Waals surface area contributed by atoms with E-state index in [1.54, 1.807) is 0 Å². The normalized spacial score (nSPS) is 25.7. The molecule has 0 aliphatic carbocycles. The third-order valence-corrected chi connectivity index (χ3v) is 2.97. The molecular weight excluding hydrogens is 317 g/mol. The Labute approximate surface area is 122 Å². The maximum atomic E-state index is 13.4. The molecule has 1 aliphatic heterocycles. The quantitative estimate of drug-likeness (QED) is 0.851. The predicted octanol–water partition coefficient (Wildman–Crippen LogP) is 1.63. The summed E-state index contributed by atoms with van der Waals surface area (Å²) in [5, 5.41) is 2.77. The molecule has 0 spiro atoms. The Morgan fingerprint density at radius 2 is 2.11 bits per heavy atom. The average Bonchev–Trinajstić information content (AvgIpc) is 2.78. The van der Waals surface area contributed by atoms with E-state index < -0.39 is 24.3 Å². The number of methoxy groups -OCH3 is 1. The van der Waals surface area contributed by atoms with Crippen LogP contribution in [0.25, 0.3) is 0 Å². The summed E-state index contributed by atoms with van der Waals surface area (Å²) in [6.45, 7) is 0.300. The molecule has 0 amide bonds. The Bertz CT molecular complexity index is 404. The van der Waals surface area contributed by atoms with Crippen LogP contribution in [0.15, 0.2) is 30.3 Å². The highest BCUT2D eigenvalue weighted by molar-refractivity contribution is 8.93. The Morgan fingerprint density at radius 3 is 2.74 bits per heavy atom. The fourth-order valence-electron chi connectivity index (χ4n) is 2.00. The predicted molar refractivity (Wildman–Crippen MR) is 74.0 cm³/mol. The number of alkyl halides is 1. The maximum absolute atomic E-state index is 13.4. The van der Waals surface area contributed by atoms with Gasteiger partial charge in [-0.05, 0) is 5.56 Å². The van der Waals surface area contributed by atoms with Crippen LogP contribution in [0.1, 0.15) is 5.56 Å². The van der Waals surface area contributed by atoms with Gasteiger partial charge >= 0.3 is 5.97 Å². The van der Waals surface area contributed by atoms with E-state index in [0.29, 0.717) is 0 Å². The van der Waals surface area contributed by atoms with Crippen LogP contribution >= 0.6 is 17.0 Å². The van der Waals surface area contributed by atoms with Crippen LogP contribution in [0.4, 0.5) is 4.39 Å². The van der Waals surface area contributed by atoms with Gasteiger partial charge in [0.1, 0.15) is 24.9 Å². The van der Waals surface area contributed by atoms with Gasteiger partial charge in [0, 0.05) is 13.7 Å². The molecule has 1 aromatic rings. The van der Waals surface area contributed by atoms with Crippen LogP contribution in [-0.4, -0.2) is 37.9 Å². The van der Waals surface area contributed by atoms with Gasteiger partial charge in [0.25, 0.3) is 0 Å². The van der Waals surface area contributed by atoms with Gasteiger partial charge in [0.15, 0.2) is 0 Å². The third kappa shape index (κ3) is 3.99. The molecule has 1 aliphatic rings. The van der Waals surface area contributed by atoms with Crippen molar-refractivity contribution in [2.24, 2.45) is 0 Å². The van der Waals surface area contributed by atoms with E-state index in [1.165, 1.54) is 7.11 Å². The van der Waals surface area contributed by atoms with Crippen molar-refractivity contribution in [3.05, 3.63) is 35.9 Å². The zero-order valence-corrected chi connectivity index (χ0v) is 12.3. The maximum Gasteiger partial charge on any atom is 0.326 e. The van der Waals surface area contributed by atoms with E-state index in [0.717, 1.165) is 5.56 Å². The Balaban J connectivity index is 0.00000180. The molecule has 0 radical (unpaired) electrons. The number of benzene rings is 1. The van der Waals surface area contributed by atoms with Crippen molar-refractivity contribution in [2.45, 2.75) is 24.9 Å². The van der Waals surface area contributed by atoms with Crippen LogP contribution in [0.5, 0.6) is 0 Å². The monoisotopic (exact) mass is 333 g/mol. The summed E-state index contributed by atoms with van der Waals surface area (Å²) in [5.74, 6) is -0.481. The number of carbonyl (C=O) groups is 1. The van der Waals surface area contributed by atoms with Crippen molar-refractivity contribution in [2.75, 3.05) is 13.7 Å². The molecule has 1 aromatic carbocycles. The molecule has 1 saturated heterocycles. The highest BCUT2D eigenvalue weighted by Gasteiger charge is 2.41. The first-order valence-corrected chi connectivity index (χ1v) is 5.83. The van der Waals surface area contributed by atoms with Crippen molar-refractivity contribution in [3.63, 3.8) is 0 Å². The number of hydrogen-bond donors (Lipinski definition) is 1. The minimum Gasteiger partial charge on any atom is -0.460 e. The molecule has 1 heterocycles. The number of rotatable bonds is 4. The standard InChI is InChI=1S/C13H16FNO3.BrH/c1-17-12-10(14)7-15-11(12)13(16)18-8-9-5-3-2-4-6-9;/h2-6,10-12,15H,7-8H2,1H3;1H/t10-,11-,12+;/m0./s1. The lowest BCUT2D eigenvalue weighted by molar-refractivity contribution is -0.150. The van der Waals surface area contributed by atoms with Gasteiger partial charge in [-0.3, -0.25) is 10.1 Å². The van der Waals surface area contributed by atoms with Crippen LogP contribution in [-0.2, 0) is 20.9 Å². The smallest absolute Gasteiger partial charge is 0.326 e. The molecule has 19 heavy (non-hydrogen) atoms. The second-order valence-electron chi connectivity index (χ2n) is 4.20. The highest BCUT2D eigenvalue weighted by atomic mass is 79.9. The molecule has 0 saturated carbocycles. The van der Waals surface area contributed by atoms with Crippen LogP contribution < -0.4 is 5.32 Å². The molecule has 1 N–H and O–H groups in total. The van der Waals surface area contributed by atoms with Crippen LogP contribution in [0.2, 0.25) is 0 Å². The summed E-state index contributed by atoms with van der Waals surface area (Å²) in [6, 6.07) is 8.62. The lowest BCUT2D eigenvalue weighted by atomic mass is 10.1. The van der Waals surface area contributed by atoms with Gasteiger partial charge in [-0.2, -0.15) is 0 Å².